The Hall–Kier alpha value is -3.39. The standard InChI is InChI=1S/C30H29Cl2N5OS/c1-18-8-6-9-21(16-18)34-26(38)13-15-36-29(28(35-30(36)39)24-11-4-5-14-33-24)22-17-19(2)37(20(22)3)25-12-7-10-23(31)27(25)32/h4-12,14,16-17,28-29H,13,15H2,1-3H3,(H,34,38)(H,35,39). The number of thiocarbonyl (C=S) groups is 1. The van der Waals surface area contributed by atoms with Crippen molar-refractivity contribution in [2.75, 3.05) is 11.9 Å². The number of anilines is 1. The molecule has 2 N–H and O–H groups in total. The largest absolute Gasteiger partial charge is 0.352 e. The molecule has 0 aliphatic carbocycles. The van der Waals surface area contributed by atoms with Crippen molar-refractivity contribution in [1.29, 1.82) is 0 Å². The van der Waals surface area contributed by atoms with E-state index in [-0.39, 0.29) is 24.4 Å². The molecule has 1 amide bonds. The van der Waals surface area contributed by atoms with Gasteiger partial charge in [0.15, 0.2) is 5.11 Å². The number of rotatable bonds is 7. The lowest BCUT2D eigenvalue weighted by atomic mass is 9.96. The van der Waals surface area contributed by atoms with Crippen molar-refractivity contribution >= 4 is 52.1 Å². The van der Waals surface area contributed by atoms with Gasteiger partial charge in [-0.1, -0.05) is 47.5 Å². The fourth-order valence-electron chi connectivity index (χ4n) is 5.28. The number of carbonyl (C=O) groups excluding carboxylic acids is 1. The number of hydrogen-bond acceptors (Lipinski definition) is 3. The van der Waals surface area contributed by atoms with E-state index in [9.17, 15) is 4.79 Å². The van der Waals surface area contributed by atoms with Gasteiger partial charge in [0.1, 0.15) is 0 Å². The summed E-state index contributed by atoms with van der Waals surface area (Å²) in [6, 6.07) is 21.0. The quantitative estimate of drug-likeness (QED) is 0.229. The van der Waals surface area contributed by atoms with Gasteiger partial charge in [-0.05, 0) is 86.6 Å². The Morgan fingerprint density at radius 1 is 1.05 bits per heavy atom. The average molecular weight is 579 g/mol. The molecule has 1 fully saturated rings. The first-order chi connectivity index (χ1) is 18.7. The van der Waals surface area contributed by atoms with E-state index in [1.54, 1.807) is 12.3 Å². The first-order valence-electron chi connectivity index (χ1n) is 12.7. The molecular weight excluding hydrogens is 549 g/mol. The molecule has 2 aromatic heterocycles. The molecule has 6 nitrogen and oxygen atoms in total. The molecule has 200 valence electrons. The molecule has 1 aliphatic rings. The van der Waals surface area contributed by atoms with E-state index >= 15 is 0 Å². The maximum Gasteiger partial charge on any atom is 0.226 e. The van der Waals surface area contributed by atoms with Gasteiger partial charge >= 0.3 is 0 Å². The minimum Gasteiger partial charge on any atom is -0.352 e. The van der Waals surface area contributed by atoms with Crippen molar-refractivity contribution in [3.8, 4) is 5.69 Å². The smallest absolute Gasteiger partial charge is 0.226 e. The van der Waals surface area contributed by atoms with Crippen molar-refractivity contribution in [3.05, 3.63) is 111 Å². The van der Waals surface area contributed by atoms with Crippen molar-refractivity contribution in [3.63, 3.8) is 0 Å². The fraction of sp³-hybridized carbons (Fsp3) is 0.233. The summed E-state index contributed by atoms with van der Waals surface area (Å²) in [7, 11) is 0. The number of carbonyl (C=O) groups is 1. The number of amides is 1. The van der Waals surface area contributed by atoms with Crippen LogP contribution in [-0.4, -0.2) is 32.0 Å². The Bertz CT molecular complexity index is 1540. The highest BCUT2D eigenvalue weighted by Crippen LogP contribution is 2.42. The third-order valence-corrected chi connectivity index (χ3v) is 8.20. The third kappa shape index (κ3) is 5.53. The van der Waals surface area contributed by atoms with Crippen LogP contribution in [0.5, 0.6) is 0 Å². The molecular formula is C30H29Cl2N5OS. The van der Waals surface area contributed by atoms with E-state index in [1.807, 2.05) is 68.4 Å². The molecule has 2 unspecified atom stereocenters. The minimum atomic E-state index is -0.192. The van der Waals surface area contributed by atoms with Gasteiger partial charge in [-0.2, -0.15) is 0 Å². The van der Waals surface area contributed by atoms with Gasteiger partial charge < -0.3 is 20.1 Å². The number of benzene rings is 2. The first-order valence-corrected chi connectivity index (χ1v) is 13.9. The lowest BCUT2D eigenvalue weighted by Crippen LogP contribution is -2.32. The molecule has 1 saturated heterocycles. The lowest BCUT2D eigenvalue weighted by molar-refractivity contribution is -0.116. The van der Waals surface area contributed by atoms with Crippen molar-refractivity contribution < 1.29 is 4.79 Å². The number of nitrogens with zero attached hydrogens (tertiary/aromatic N) is 3. The van der Waals surface area contributed by atoms with Crippen LogP contribution in [0.2, 0.25) is 10.0 Å². The summed E-state index contributed by atoms with van der Waals surface area (Å²) < 4.78 is 2.11. The predicted octanol–water partition coefficient (Wildman–Crippen LogP) is 7.11. The van der Waals surface area contributed by atoms with E-state index in [0.29, 0.717) is 21.7 Å². The minimum absolute atomic E-state index is 0.0698. The molecule has 9 heteroatoms. The zero-order valence-corrected chi connectivity index (χ0v) is 24.2. The second-order valence-corrected chi connectivity index (χ2v) is 10.9. The summed E-state index contributed by atoms with van der Waals surface area (Å²) in [5, 5.41) is 8.06. The highest BCUT2D eigenvalue weighted by molar-refractivity contribution is 7.80. The van der Waals surface area contributed by atoms with Gasteiger partial charge in [0.05, 0.1) is 33.5 Å². The molecule has 39 heavy (non-hydrogen) atoms. The molecule has 0 radical (unpaired) electrons. The maximum absolute atomic E-state index is 12.9. The molecule has 1 aliphatic heterocycles. The van der Waals surface area contributed by atoms with Crippen LogP contribution in [0.1, 0.15) is 46.7 Å². The van der Waals surface area contributed by atoms with Crippen LogP contribution < -0.4 is 10.6 Å². The van der Waals surface area contributed by atoms with E-state index < -0.39 is 0 Å². The number of aromatic nitrogens is 2. The second-order valence-electron chi connectivity index (χ2n) is 9.72. The van der Waals surface area contributed by atoms with Gasteiger partial charge in [0, 0.05) is 36.2 Å². The molecule has 0 saturated carbocycles. The summed E-state index contributed by atoms with van der Waals surface area (Å²) in [6.45, 7) is 6.56. The first kappa shape index (κ1) is 27.2. The average Bonchev–Trinajstić information content (AvgIpc) is 3.39. The number of nitrogens with one attached hydrogen (secondary N) is 2. The van der Waals surface area contributed by atoms with E-state index in [4.69, 9.17) is 35.4 Å². The highest BCUT2D eigenvalue weighted by Gasteiger charge is 2.41. The van der Waals surface area contributed by atoms with Gasteiger partial charge in [0.25, 0.3) is 0 Å². The molecule has 5 rings (SSSR count). The van der Waals surface area contributed by atoms with Crippen LogP contribution in [0.25, 0.3) is 5.69 Å². The predicted molar refractivity (Wildman–Crippen MR) is 162 cm³/mol. The lowest BCUT2D eigenvalue weighted by Gasteiger charge is -2.28. The van der Waals surface area contributed by atoms with Gasteiger partial charge in [-0.15, -0.1) is 0 Å². The fourth-order valence-corrected chi connectivity index (χ4v) is 5.99. The molecule has 2 aromatic carbocycles. The summed E-state index contributed by atoms with van der Waals surface area (Å²) in [4.78, 5) is 19.6. The van der Waals surface area contributed by atoms with Gasteiger partial charge in [0.2, 0.25) is 5.91 Å². The Balaban J connectivity index is 1.49. The highest BCUT2D eigenvalue weighted by atomic mass is 35.5. The normalized spacial score (nSPS) is 16.8. The van der Waals surface area contributed by atoms with Crippen LogP contribution in [-0.2, 0) is 4.79 Å². The number of pyridine rings is 1. The van der Waals surface area contributed by atoms with Crippen molar-refractivity contribution in [2.45, 2.75) is 39.3 Å². The maximum atomic E-state index is 12.9. The number of hydrogen-bond donors (Lipinski definition) is 2. The second kappa shape index (κ2) is 11.4. The van der Waals surface area contributed by atoms with Crippen molar-refractivity contribution in [1.82, 2.24) is 19.8 Å². The third-order valence-electron chi connectivity index (χ3n) is 7.04. The number of halogens is 2. The van der Waals surface area contributed by atoms with Crippen molar-refractivity contribution in [2.24, 2.45) is 0 Å². The molecule has 2 atom stereocenters. The topological polar surface area (TPSA) is 62.2 Å². The van der Waals surface area contributed by atoms with Gasteiger partial charge in [-0.25, -0.2) is 0 Å². The Kier molecular flexibility index (Phi) is 7.93. The Labute approximate surface area is 244 Å². The SMILES string of the molecule is Cc1cccc(NC(=O)CCN2C(=S)NC(c3ccccn3)C2c2cc(C)n(-c3cccc(Cl)c3Cl)c2C)c1. The summed E-state index contributed by atoms with van der Waals surface area (Å²) in [6.07, 6.45) is 2.06. The van der Waals surface area contributed by atoms with Gasteiger partial charge in [-0.3, -0.25) is 9.78 Å². The van der Waals surface area contributed by atoms with Crippen LogP contribution >= 0.6 is 35.4 Å². The zero-order chi connectivity index (χ0) is 27.7. The molecule has 0 bridgehead atoms. The number of aryl methyl sites for hydroxylation is 2. The molecule has 3 heterocycles. The van der Waals surface area contributed by atoms with E-state index in [2.05, 4.69) is 38.1 Å². The summed E-state index contributed by atoms with van der Waals surface area (Å²) >= 11 is 18.8. The monoisotopic (exact) mass is 577 g/mol. The Morgan fingerprint density at radius 3 is 2.59 bits per heavy atom. The summed E-state index contributed by atoms with van der Waals surface area (Å²) in [5.41, 5.74) is 6.67. The van der Waals surface area contributed by atoms with Crippen LogP contribution in [0.4, 0.5) is 5.69 Å². The van der Waals surface area contributed by atoms with E-state index in [0.717, 1.165) is 39.6 Å². The Morgan fingerprint density at radius 2 is 1.85 bits per heavy atom. The van der Waals surface area contributed by atoms with Crippen LogP contribution in [0.3, 0.4) is 0 Å². The van der Waals surface area contributed by atoms with Crippen LogP contribution in [0.15, 0.2) is 72.9 Å². The molecule has 4 aromatic rings. The van der Waals surface area contributed by atoms with E-state index in [1.165, 1.54) is 0 Å². The summed E-state index contributed by atoms with van der Waals surface area (Å²) in [5.74, 6) is -0.0698. The zero-order valence-electron chi connectivity index (χ0n) is 21.9. The molecule has 0 spiro atoms. The van der Waals surface area contributed by atoms with Crippen LogP contribution in [0, 0.1) is 20.8 Å².